The van der Waals surface area contributed by atoms with E-state index < -0.39 is 0 Å². The minimum absolute atomic E-state index is 0.266. The highest BCUT2D eigenvalue weighted by molar-refractivity contribution is 5.75. The van der Waals surface area contributed by atoms with Crippen LogP contribution in [0.15, 0.2) is 34.7 Å². The van der Waals surface area contributed by atoms with Gasteiger partial charge in [0, 0.05) is 38.4 Å². The molecule has 6 heteroatoms. The lowest BCUT2D eigenvalue weighted by atomic mass is 10.2. The van der Waals surface area contributed by atoms with E-state index in [1.807, 2.05) is 31.2 Å². The first-order valence-electron chi connectivity index (χ1n) is 8.58. The molecular weight excluding hydrogens is 316 g/mol. The van der Waals surface area contributed by atoms with Crippen LogP contribution in [-0.4, -0.2) is 46.2 Å². The summed E-state index contributed by atoms with van der Waals surface area (Å²) in [6.07, 6.45) is 0. The lowest BCUT2D eigenvalue weighted by Gasteiger charge is -2.33. The van der Waals surface area contributed by atoms with Crippen molar-refractivity contribution in [3.63, 3.8) is 0 Å². The zero-order valence-corrected chi connectivity index (χ0v) is 14.6. The van der Waals surface area contributed by atoms with Crippen LogP contribution in [0.4, 0.5) is 6.01 Å². The number of nitrogens with zero attached hydrogens (tertiary/aromatic N) is 4. The SMILES string of the molecule is Cc1ccc2oc(N3CCN(Cc4nc(C)ccc4O)CC3)nc2c1. The highest BCUT2D eigenvalue weighted by Crippen LogP contribution is 2.24. The number of pyridine rings is 1. The Morgan fingerprint density at radius 1 is 1.04 bits per heavy atom. The Morgan fingerprint density at radius 3 is 2.64 bits per heavy atom. The summed E-state index contributed by atoms with van der Waals surface area (Å²) in [6.45, 7) is 8.11. The fourth-order valence-corrected chi connectivity index (χ4v) is 3.19. The number of aryl methyl sites for hydroxylation is 2. The van der Waals surface area contributed by atoms with E-state index in [0.29, 0.717) is 12.6 Å². The van der Waals surface area contributed by atoms with Gasteiger partial charge in [0.2, 0.25) is 0 Å². The molecule has 3 heterocycles. The minimum atomic E-state index is 0.266. The molecule has 0 aliphatic carbocycles. The highest BCUT2D eigenvalue weighted by Gasteiger charge is 2.22. The van der Waals surface area contributed by atoms with E-state index in [0.717, 1.165) is 48.7 Å². The number of hydrogen-bond acceptors (Lipinski definition) is 6. The molecule has 0 amide bonds. The van der Waals surface area contributed by atoms with Crippen molar-refractivity contribution in [1.29, 1.82) is 0 Å². The molecule has 0 atom stereocenters. The molecule has 0 bridgehead atoms. The number of aromatic nitrogens is 2. The van der Waals surface area contributed by atoms with Crippen molar-refractivity contribution in [2.45, 2.75) is 20.4 Å². The second-order valence-electron chi connectivity index (χ2n) is 6.65. The Labute approximate surface area is 146 Å². The number of rotatable bonds is 3. The van der Waals surface area contributed by atoms with Crippen molar-refractivity contribution < 1.29 is 9.52 Å². The number of fused-ring (bicyclic) bond motifs is 1. The van der Waals surface area contributed by atoms with Crippen molar-refractivity contribution in [2.75, 3.05) is 31.1 Å². The largest absolute Gasteiger partial charge is 0.506 e. The summed E-state index contributed by atoms with van der Waals surface area (Å²) >= 11 is 0. The third-order valence-corrected chi connectivity index (χ3v) is 4.64. The second kappa shape index (κ2) is 6.37. The molecule has 1 aromatic carbocycles. The van der Waals surface area contributed by atoms with Gasteiger partial charge in [-0.3, -0.25) is 9.88 Å². The molecule has 0 spiro atoms. The van der Waals surface area contributed by atoms with Gasteiger partial charge in [-0.15, -0.1) is 0 Å². The Bertz CT molecular complexity index is 898. The average Bonchev–Trinajstić information content (AvgIpc) is 3.02. The average molecular weight is 338 g/mol. The summed E-state index contributed by atoms with van der Waals surface area (Å²) in [7, 11) is 0. The van der Waals surface area contributed by atoms with Gasteiger partial charge in [0.15, 0.2) is 5.58 Å². The Balaban J connectivity index is 1.43. The fourth-order valence-electron chi connectivity index (χ4n) is 3.19. The summed E-state index contributed by atoms with van der Waals surface area (Å²) in [5, 5.41) is 9.97. The molecule has 1 aliphatic rings. The van der Waals surface area contributed by atoms with Gasteiger partial charge in [0.1, 0.15) is 11.3 Å². The van der Waals surface area contributed by atoms with Crippen LogP contribution in [0.5, 0.6) is 5.75 Å². The number of benzene rings is 1. The summed E-state index contributed by atoms with van der Waals surface area (Å²) in [6, 6.07) is 10.3. The molecular formula is C19H22N4O2. The number of hydrogen-bond donors (Lipinski definition) is 1. The molecule has 1 aliphatic heterocycles. The molecule has 0 unspecified atom stereocenters. The maximum atomic E-state index is 9.97. The van der Waals surface area contributed by atoms with Gasteiger partial charge >= 0.3 is 0 Å². The van der Waals surface area contributed by atoms with Crippen molar-refractivity contribution >= 4 is 17.1 Å². The number of aromatic hydroxyl groups is 1. The van der Waals surface area contributed by atoms with Crippen LogP contribution in [-0.2, 0) is 6.54 Å². The quantitative estimate of drug-likeness (QED) is 0.792. The molecule has 1 N–H and O–H groups in total. The first-order valence-corrected chi connectivity index (χ1v) is 8.58. The predicted molar refractivity (Wildman–Crippen MR) is 96.9 cm³/mol. The number of oxazole rings is 1. The van der Waals surface area contributed by atoms with Gasteiger partial charge in [-0.25, -0.2) is 0 Å². The molecule has 25 heavy (non-hydrogen) atoms. The van der Waals surface area contributed by atoms with Crippen LogP contribution in [0.1, 0.15) is 17.0 Å². The van der Waals surface area contributed by atoms with E-state index in [4.69, 9.17) is 4.42 Å². The van der Waals surface area contributed by atoms with Gasteiger partial charge in [-0.05, 0) is 43.7 Å². The van der Waals surface area contributed by atoms with Crippen molar-refractivity contribution in [2.24, 2.45) is 0 Å². The molecule has 6 nitrogen and oxygen atoms in total. The third kappa shape index (κ3) is 3.30. The molecule has 0 saturated carbocycles. The van der Waals surface area contributed by atoms with Gasteiger partial charge in [0.05, 0.1) is 5.69 Å². The predicted octanol–water partition coefficient (Wildman–Crippen LogP) is 2.87. The normalized spacial score (nSPS) is 15.8. The monoisotopic (exact) mass is 338 g/mol. The maximum Gasteiger partial charge on any atom is 0.298 e. The molecule has 130 valence electrons. The first-order chi connectivity index (χ1) is 12.1. The minimum Gasteiger partial charge on any atom is -0.506 e. The summed E-state index contributed by atoms with van der Waals surface area (Å²) in [5.74, 6) is 0.266. The number of piperazine rings is 1. The van der Waals surface area contributed by atoms with Gasteiger partial charge < -0.3 is 14.4 Å². The van der Waals surface area contributed by atoms with E-state index in [1.54, 1.807) is 6.07 Å². The van der Waals surface area contributed by atoms with Crippen molar-refractivity contribution in [3.05, 3.63) is 47.3 Å². The Kier molecular flexibility index (Phi) is 4.05. The van der Waals surface area contributed by atoms with E-state index in [-0.39, 0.29) is 5.75 Å². The maximum absolute atomic E-state index is 9.97. The zero-order valence-electron chi connectivity index (χ0n) is 14.6. The summed E-state index contributed by atoms with van der Waals surface area (Å²) < 4.78 is 5.89. The van der Waals surface area contributed by atoms with E-state index in [1.165, 1.54) is 5.56 Å². The van der Waals surface area contributed by atoms with Crippen LogP contribution >= 0.6 is 0 Å². The molecule has 4 rings (SSSR count). The first kappa shape index (κ1) is 15.9. The van der Waals surface area contributed by atoms with Crippen LogP contribution < -0.4 is 4.90 Å². The Morgan fingerprint density at radius 2 is 1.84 bits per heavy atom. The van der Waals surface area contributed by atoms with E-state index in [2.05, 4.69) is 26.7 Å². The van der Waals surface area contributed by atoms with Crippen LogP contribution in [0.25, 0.3) is 11.1 Å². The lowest BCUT2D eigenvalue weighted by Crippen LogP contribution is -2.46. The summed E-state index contributed by atoms with van der Waals surface area (Å²) in [5.41, 5.74) is 4.59. The third-order valence-electron chi connectivity index (χ3n) is 4.64. The second-order valence-corrected chi connectivity index (χ2v) is 6.65. The van der Waals surface area contributed by atoms with Crippen LogP contribution in [0, 0.1) is 13.8 Å². The van der Waals surface area contributed by atoms with Crippen LogP contribution in [0.3, 0.4) is 0 Å². The fraction of sp³-hybridized carbons (Fsp3) is 0.368. The molecule has 2 aromatic heterocycles. The molecule has 3 aromatic rings. The highest BCUT2D eigenvalue weighted by atomic mass is 16.4. The van der Waals surface area contributed by atoms with Gasteiger partial charge in [0.25, 0.3) is 6.01 Å². The topological polar surface area (TPSA) is 65.6 Å². The van der Waals surface area contributed by atoms with Crippen molar-refractivity contribution in [3.8, 4) is 5.75 Å². The standard InChI is InChI=1S/C19H22N4O2/c1-13-3-6-18-15(11-13)21-19(25-18)23-9-7-22(8-10-23)12-16-17(24)5-4-14(2)20-16/h3-6,11,24H,7-10,12H2,1-2H3. The number of anilines is 1. The van der Waals surface area contributed by atoms with E-state index >= 15 is 0 Å². The van der Waals surface area contributed by atoms with E-state index in [9.17, 15) is 5.11 Å². The smallest absolute Gasteiger partial charge is 0.298 e. The zero-order chi connectivity index (χ0) is 17.4. The van der Waals surface area contributed by atoms with Crippen LogP contribution in [0.2, 0.25) is 0 Å². The summed E-state index contributed by atoms with van der Waals surface area (Å²) in [4.78, 5) is 13.5. The van der Waals surface area contributed by atoms with Gasteiger partial charge in [-0.2, -0.15) is 4.98 Å². The molecule has 0 radical (unpaired) electrons. The molecule has 1 fully saturated rings. The van der Waals surface area contributed by atoms with Crippen molar-refractivity contribution in [1.82, 2.24) is 14.9 Å². The lowest BCUT2D eigenvalue weighted by molar-refractivity contribution is 0.239. The van der Waals surface area contributed by atoms with Gasteiger partial charge in [-0.1, -0.05) is 6.07 Å². The molecule has 1 saturated heterocycles. The Hall–Kier alpha value is -2.60.